The molecule has 14 nitrogen and oxygen atoms in total. The molecule has 0 spiro atoms. The minimum atomic E-state index is -5.19. The van der Waals surface area contributed by atoms with E-state index in [-0.39, 0.29) is 29.4 Å². The molecule has 1 aromatic carbocycles. The molecule has 0 unspecified atom stereocenters. The zero-order valence-electron chi connectivity index (χ0n) is 29.0. The highest BCUT2D eigenvalue weighted by Gasteiger charge is 2.45. The van der Waals surface area contributed by atoms with Crippen molar-refractivity contribution in [2.75, 3.05) is 26.1 Å². The number of fused-ring (bicyclic) bond motifs is 1. The van der Waals surface area contributed by atoms with Gasteiger partial charge in [0.25, 0.3) is 11.7 Å². The number of oxime groups is 1. The quantitative estimate of drug-likeness (QED) is 0.132. The number of thiazole rings is 1. The summed E-state index contributed by atoms with van der Waals surface area (Å²) >= 11 is 0.964. The fraction of sp³-hybridized carbons (Fsp3) is 0.515. The lowest BCUT2D eigenvalue weighted by Crippen LogP contribution is -2.58. The lowest BCUT2D eigenvalue weighted by molar-refractivity contribution is -0.175. The molecule has 0 saturated carbocycles. The van der Waals surface area contributed by atoms with E-state index in [1.807, 2.05) is 24.3 Å². The van der Waals surface area contributed by atoms with Gasteiger partial charge in [-0.25, -0.2) is 4.98 Å². The molecule has 2 aromatic rings. The number of aromatic nitrogens is 1. The molecule has 4 amide bonds. The van der Waals surface area contributed by atoms with Gasteiger partial charge in [0.15, 0.2) is 10.8 Å². The highest BCUT2D eigenvalue weighted by Crippen LogP contribution is 2.27. The summed E-state index contributed by atoms with van der Waals surface area (Å²) in [5.41, 5.74) is 1.49. The van der Waals surface area contributed by atoms with Gasteiger partial charge in [0, 0.05) is 17.8 Å². The van der Waals surface area contributed by atoms with Gasteiger partial charge in [0.05, 0.1) is 26.1 Å². The molecular weight excluding hydrogens is 697 g/mol. The van der Waals surface area contributed by atoms with Gasteiger partial charge in [-0.2, -0.15) is 13.2 Å². The highest BCUT2D eigenvalue weighted by atomic mass is 32.1. The molecule has 1 aliphatic carbocycles. The predicted octanol–water partition coefficient (Wildman–Crippen LogP) is 2.79. The Labute approximate surface area is 296 Å². The smallest absolute Gasteiger partial charge is 0.452 e. The maximum Gasteiger partial charge on any atom is 0.452 e. The van der Waals surface area contributed by atoms with Crippen LogP contribution in [0.1, 0.15) is 57.4 Å². The fourth-order valence-electron chi connectivity index (χ4n) is 5.37. The van der Waals surface area contributed by atoms with Gasteiger partial charge in [-0.1, -0.05) is 57.1 Å². The number of benzene rings is 1. The number of rotatable bonds is 16. The van der Waals surface area contributed by atoms with E-state index >= 15 is 0 Å². The highest BCUT2D eigenvalue weighted by molar-refractivity contribution is 7.14. The average molecular weight is 739 g/mol. The Morgan fingerprint density at radius 3 is 2.08 bits per heavy atom. The number of halogens is 3. The van der Waals surface area contributed by atoms with E-state index in [1.165, 1.54) is 38.3 Å². The van der Waals surface area contributed by atoms with Crippen LogP contribution in [0.15, 0.2) is 34.8 Å². The van der Waals surface area contributed by atoms with E-state index < -0.39 is 78.1 Å². The van der Waals surface area contributed by atoms with Crippen molar-refractivity contribution < 1.29 is 51.5 Å². The van der Waals surface area contributed by atoms with Gasteiger partial charge >= 0.3 is 12.1 Å². The number of carbonyl (C=O) groups excluding carboxylic acids is 6. The van der Waals surface area contributed by atoms with Crippen molar-refractivity contribution in [2.24, 2.45) is 17.0 Å². The third-order valence-electron chi connectivity index (χ3n) is 8.01. The van der Waals surface area contributed by atoms with Crippen molar-refractivity contribution in [2.45, 2.75) is 77.7 Å². The molecule has 278 valence electrons. The number of alkyl halides is 3. The molecule has 1 heterocycles. The third-order valence-corrected chi connectivity index (χ3v) is 8.76. The molecule has 1 aromatic heterocycles. The van der Waals surface area contributed by atoms with E-state index in [0.717, 1.165) is 22.5 Å². The lowest BCUT2D eigenvalue weighted by Gasteiger charge is -2.34. The zero-order valence-corrected chi connectivity index (χ0v) is 29.8. The lowest BCUT2D eigenvalue weighted by atomic mass is 9.99. The second-order valence-corrected chi connectivity index (χ2v) is 13.3. The number of ether oxygens (including phenoxy) is 1. The molecular formula is C33H41F3N6O8S. The second-order valence-electron chi connectivity index (χ2n) is 12.4. The summed E-state index contributed by atoms with van der Waals surface area (Å²) in [6.45, 7) is 5.34. The molecule has 0 bridgehead atoms. The Kier molecular flexibility index (Phi) is 14.2. The zero-order chi connectivity index (χ0) is 38.0. The Morgan fingerprint density at radius 2 is 1.55 bits per heavy atom. The van der Waals surface area contributed by atoms with Crippen molar-refractivity contribution in [1.29, 1.82) is 0 Å². The van der Waals surface area contributed by atoms with Gasteiger partial charge < -0.3 is 30.4 Å². The van der Waals surface area contributed by atoms with Crippen LogP contribution in [-0.2, 0) is 51.2 Å². The summed E-state index contributed by atoms with van der Waals surface area (Å²) in [6, 6.07) is 3.66. The van der Waals surface area contributed by atoms with Crippen molar-refractivity contribution in [1.82, 2.24) is 20.5 Å². The van der Waals surface area contributed by atoms with Crippen LogP contribution in [0.5, 0.6) is 0 Å². The normalized spacial score (nSPS) is 14.4. The maximum absolute atomic E-state index is 14.3. The fourth-order valence-corrected chi connectivity index (χ4v) is 6.08. The Hall–Kier alpha value is -4.87. The molecule has 3 rings (SSSR count). The first kappa shape index (κ1) is 40.6. The van der Waals surface area contributed by atoms with Crippen LogP contribution >= 0.6 is 11.3 Å². The van der Waals surface area contributed by atoms with Gasteiger partial charge in [-0.05, 0) is 35.8 Å². The Morgan fingerprint density at radius 1 is 0.941 bits per heavy atom. The van der Waals surface area contributed by atoms with Gasteiger partial charge in [-0.15, -0.1) is 11.3 Å². The third kappa shape index (κ3) is 11.1. The summed E-state index contributed by atoms with van der Waals surface area (Å²) in [5, 5.41) is 12.6. The van der Waals surface area contributed by atoms with E-state index in [9.17, 15) is 41.9 Å². The van der Waals surface area contributed by atoms with E-state index in [4.69, 9.17) is 4.84 Å². The number of carbonyl (C=O) groups is 6. The van der Waals surface area contributed by atoms with Crippen molar-refractivity contribution in [3.8, 4) is 0 Å². The largest absolute Gasteiger partial charge is 0.469 e. The minimum Gasteiger partial charge on any atom is -0.469 e. The summed E-state index contributed by atoms with van der Waals surface area (Å²) < 4.78 is 44.5. The number of methoxy groups -OCH3 is 1. The van der Waals surface area contributed by atoms with Gasteiger partial charge in [-0.3, -0.25) is 28.8 Å². The summed E-state index contributed by atoms with van der Waals surface area (Å²) in [5.74, 6) is -7.22. The monoisotopic (exact) mass is 738 g/mol. The Balaban J connectivity index is 1.86. The molecule has 51 heavy (non-hydrogen) atoms. The molecule has 1 aliphatic rings. The molecule has 0 aliphatic heterocycles. The van der Waals surface area contributed by atoms with Crippen LogP contribution in [0, 0.1) is 11.8 Å². The summed E-state index contributed by atoms with van der Waals surface area (Å²) in [4.78, 5) is 87.2. The second kappa shape index (κ2) is 17.9. The SMILES string of the molecule is CO/N=C(/C(=O)N[C@H](C(=O)N(CC(=O)N[C@H](C(=O)C(F)(F)F)C(C)C)C1Cc2ccccc2C1)C(C)C)c1csc(NC(=O)CCC(=O)OC)n1. The number of hydrogen-bond donors (Lipinski definition) is 3. The van der Waals surface area contributed by atoms with Crippen molar-refractivity contribution in [3.63, 3.8) is 0 Å². The first-order chi connectivity index (χ1) is 24.0. The molecule has 0 saturated heterocycles. The van der Waals surface area contributed by atoms with E-state index in [0.29, 0.717) is 12.8 Å². The molecule has 18 heteroatoms. The molecule has 3 N–H and O–H groups in total. The number of amides is 4. The van der Waals surface area contributed by atoms with E-state index in [1.54, 1.807) is 13.8 Å². The first-order valence-corrected chi connectivity index (χ1v) is 16.9. The van der Waals surface area contributed by atoms with E-state index in [2.05, 4.69) is 30.8 Å². The number of ketones is 1. The number of Topliss-reactive ketones (excluding diaryl/α,β-unsaturated/α-hetero) is 1. The van der Waals surface area contributed by atoms with Crippen LogP contribution in [0.4, 0.5) is 18.3 Å². The van der Waals surface area contributed by atoms with Crippen LogP contribution in [0.3, 0.4) is 0 Å². The number of nitrogens with one attached hydrogen (secondary N) is 3. The van der Waals surface area contributed by atoms with Crippen LogP contribution < -0.4 is 16.0 Å². The van der Waals surface area contributed by atoms with Crippen molar-refractivity contribution >= 4 is 57.6 Å². The predicted molar refractivity (Wildman–Crippen MR) is 179 cm³/mol. The number of hydrogen-bond acceptors (Lipinski definition) is 11. The topological polar surface area (TPSA) is 185 Å². The van der Waals surface area contributed by atoms with Crippen molar-refractivity contribution in [3.05, 3.63) is 46.5 Å². The van der Waals surface area contributed by atoms with Crippen LogP contribution in [-0.4, -0.2) is 96.0 Å². The standard InChI is InChI=1S/C33H41F3N6O8S/c1-17(2)26(29(46)33(34,35)36)38-24(44)15-42(21-13-19-9-7-8-10-20(19)14-21)31(48)27(18(3)4)40-30(47)28(41-50-6)22-16-51-32(37-22)39-23(43)11-12-25(45)49-5/h7-10,16-18,21,26-27H,11-15H2,1-6H3,(H,38,44)(H,40,47)(H,37,39,43)/b41-28+/t26-,27-/m0/s1. The number of anilines is 1. The van der Waals surface area contributed by atoms with Gasteiger partial charge in [0.2, 0.25) is 17.7 Å². The summed E-state index contributed by atoms with van der Waals surface area (Å²) in [6.07, 6.45) is -4.83. The minimum absolute atomic E-state index is 0.00546. The van der Waals surface area contributed by atoms with Gasteiger partial charge in [0.1, 0.15) is 18.8 Å². The average Bonchev–Trinajstić information content (AvgIpc) is 3.71. The van der Waals surface area contributed by atoms with Crippen LogP contribution in [0.2, 0.25) is 0 Å². The number of esters is 1. The van der Waals surface area contributed by atoms with Crippen LogP contribution in [0.25, 0.3) is 0 Å². The summed E-state index contributed by atoms with van der Waals surface area (Å²) in [7, 11) is 2.38. The molecule has 0 radical (unpaired) electrons. The Bertz CT molecular complexity index is 1620. The molecule has 2 atom stereocenters. The first-order valence-electron chi connectivity index (χ1n) is 16.0. The maximum atomic E-state index is 14.3. The number of nitrogens with zero attached hydrogens (tertiary/aromatic N) is 3. The molecule has 0 fully saturated rings.